The van der Waals surface area contributed by atoms with Crippen LogP contribution in [0.1, 0.15) is 13.8 Å². The van der Waals surface area contributed by atoms with Crippen molar-refractivity contribution in [2.75, 3.05) is 25.0 Å². The lowest BCUT2D eigenvalue weighted by molar-refractivity contribution is -0.121. The van der Waals surface area contributed by atoms with Crippen LogP contribution in [0.15, 0.2) is 28.7 Å². The van der Waals surface area contributed by atoms with E-state index >= 15 is 0 Å². The number of benzene rings is 1. The van der Waals surface area contributed by atoms with E-state index < -0.39 is 0 Å². The summed E-state index contributed by atoms with van der Waals surface area (Å²) in [6.45, 7) is 6.08. The van der Waals surface area contributed by atoms with E-state index in [9.17, 15) is 4.79 Å². The number of carbonyl (C=O) groups excluding carboxylic acids is 1. The molecule has 2 rings (SSSR count). The van der Waals surface area contributed by atoms with Crippen molar-refractivity contribution in [3.8, 4) is 0 Å². The number of hydrogen-bond acceptors (Lipinski definition) is 3. The summed E-state index contributed by atoms with van der Waals surface area (Å²) in [5, 5.41) is 2.91. The Bertz CT molecular complexity index is 443. The second-order valence-electron chi connectivity index (χ2n) is 5.01. The van der Waals surface area contributed by atoms with E-state index in [1.807, 2.05) is 38.1 Å². The van der Waals surface area contributed by atoms with Gasteiger partial charge in [0.15, 0.2) is 0 Å². The van der Waals surface area contributed by atoms with Crippen molar-refractivity contribution in [3.05, 3.63) is 28.7 Å². The minimum Gasteiger partial charge on any atom is -0.373 e. The molecule has 1 aromatic carbocycles. The van der Waals surface area contributed by atoms with Gasteiger partial charge in [-0.25, -0.2) is 0 Å². The fraction of sp³-hybridized carbons (Fsp3) is 0.500. The van der Waals surface area contributed by atoms with E-state index in [-0.39, 0.29) is 18.1 Å². The topological polar surface area (TPSA) is 41.6 Å². The van der Waals surface area contributed by atoms with Crippen molar-refractivity contribution in [2.24, 2.45) is 0 Å². The molecule has 1 saturated heterocycles. The van der Waals surface area contributed by atoms with Gasteiger partial charge in [0, 0.05) is 23.2 Å². The van der Waals surface area contributed by atoms with Gasteiger partial charge in [0.1, 0.15) is 0 Å². The lowest BCUT2D eigenvalue weighted by Gasteiger charge is -2.34. The molecule has 0 radical (unpaired) electrons. The second-order valence-corrected chi connectivity index (χ2v) is 5.93. The molecule has 1 amide bonds. The number of nitrogens with one attached hydrogen (secondary N) is 1. The largest absolute Gasteiger partial charge is 0.373 e. The summed E-state index contributed by atoms with van der Waals surface area (Å²) in [5.41, 5.74) is 0.814. The van der Waals surface area contributed by atoms with Crippen LogP contribution in [0.3, 0.4) is 0 Å². The molecular weight excluding hydrogens is 308 g/mol. The highest BCUT2D eigenvalue weighted by molar-refractivity contribution is 9.10. The summed E-state index contributed by atoms with van der Waals surface area (Å²) in [5.74, 6) is 0.0133. The highest BCUT2D eigenvalue weighted by Crippen LogP contribution is 2.16. The Morgan fingerprint density at radius 3 is 2.74 bits per heavy atom. The van der Waals surface area contributed by atoms with Gasteiger partial charge in [-0.15, -0.1) is 0 Å². The van der Waals surface area contributed by atoms with Gasteiger partial charge in [0.05, 0.1) is 18.8 Å². The maximum absolute atomic E-state index is 12.0. The van der Waals surface area contributed by atoms with Gasteiger partial charge in [-0.2, -0.15) is 0 Å². The average Bonchev–Trinajstić information content (AvgIpc) is 2.26. The second kappa shape index (κ2) is 6.50. The van der Waals surface area contributed by atoms with Crippen LogP contribution in [-0.2, 0) is 9.53 Å². The average molecular weight is 327 g/mol. The van der Waals surface area contributed by atoms with Crippen LogP contribution < -0.4 is 5.32 Å². The SMILES string of the molecule is C[C@@H]1CN(CC(=O)Nc2cccc(Br)c2)C[C@@H](C)O1. The smallest absolute Gasteiger partial charge is 0.238 e. The summed E-state index contributed by atoms with van der Waals surface area (Å²) >= 11 is 3.39. The molecule has 1 N–H and O–H groups in total. The van der Waals surface area contributed by atoms with E-state index in [0.29, 0.717) is 6.54 Å². The van der Waals surface area contributed by atoms with Crippen molar-refractivity contribution in [2.45, 2.75) is 26.1 Å². The summed E-state index contributed by atoms with van der Waals surface area (Å²) in [6, 6.07) is 7.61. The maximum Gasteiger partial charge on any atom is 0.238 e. The first-order valence-corrected chi connectivity index (χ1v) is 7.25. The van der Waals surface area contributed by atoms with E-state index in [2.05, 4.69) is 26.1 Å². The molecule has 0 bridgehead atoms. The van der Waals surface area contributed by atoms with Crippen molar-refractivity contribution in [1.82, 2.24) is 4.90 Å². The monoisotopic (exact) mass is 326 g/mol. The molecule has 0 unspecified atom stereocenters. The van der Waals surface area contributed by atoms with Crippen LogP contribution in [0.25, 0.3) is 0 Å². The van der Waals surface area contributed by atoms with Crippen LogP contribution in [0.4, 0.5) is 5.69 Å². The predicted molar refractivity (Wildman–Crippen MR) is 79.2 cm³/mol. The molecule has 0 saturated carbocycles. The Labute approximate surface area is 122 Å². The molecule has 1 aromatic rings. The number of nitrogens with zero attached hydrogens (tertiary/aromatic N) is 1. The molecule has 1 heterocycles. The van der Waals surface area contributed by atoms with Crippen molar-refractivity contribution < 1.29 is 9.53 Å². The Hall–Kier alpha value is -0.910. The third-order valence-corrected chi connectivity index (χ3v) is 3.46. The number of amides is 1. The fourth-order valence-corrected chi connectivity index (χ4v) is 2.78. The summed E-state index contributed by atoms with van der Waals surface area (Å²) in [7, 11) is 0. The van der Waals surface area contributed by atoms with Gasteiger partial charge in [0.25, 0.3) is 0 Å². The highest BCUT2D eigenvalue weighted by atomic mass is 79.9. The van der Waals surface area contributed by atoms with Crippen LogP contribution in [0.2, 0.25) is 0 Å². The Balaban J connectivity index is 1.87. The lowest BCUT2D eigenvalue weighted by Crippen LogP contribution is -2.48. The fourth-order valence-electron chi connectivity index (χ4n) is 2.38. The number of hydrogen-bond donors (Lipinski definition) is 1. The van der Waals surface area contributed by atoms with E-state index in [1.165, 1.54) is 0 Å². The van der Waals surface area contributed by atoms with Crippen molar-refractivity contribution in [3.63, 3.8) is 0 Å². The maximum atomic E-state index is 12.0. The standard InChI is InChI=1S/C14H19BrN2O2/c1-10-7-17(8-11(2)19-10)9-14(18)16-13-5-3-4-12(15)6-13/h3-6,10-11H,7-9H2,1-2H3,(H,16,18)/t10-,11-/m1/s1. The van der Waals surface area contributed by atoms with Gasteiger partial charge in [-0.1, -0.05) is 22.0 Å². The molecular formula is C14H19BrN2O2. The number of ether oxygens (including phenoxy) is 1. The first-order chi connectivity index (χ1) is 9.02. The number of carbonyl (C=O) groups is 1. The van der Waals surface area contributed by atoms with Gasteiger partial charge in [-0.3, -0.25) is 9.69 Å². The molecule has 2 atom stereocenters. The zero-order chi connectivity index (χ0) is 13.8. The highest BCUT2D eigenvalue weighted by Gasteiger charge is 2.23. The third kappa shape index (κ3) is 4.60. The number of anilines is 1. The Morgan fingerprint density at radius 2 is 2.11 bits per heavy atom. The van der Waals surface area contributed by atoms with Gasteiger partial charge in [0.2, 0.25) is 5.91 Å². The Morgan fingerprint density at radius 1 is 1.42 bits per heavy atom. The number of halogens is 1. The van der Waals surface area contributed by atoms with E-state index in [4.69, 9.17) is 4.74 Å². The first-order valence-electron chi connectivity index (χ1n) is 6.46. The van der Waals surface area contributed by atoms with Gasteiger partial charge in [-0.05, 0) is 32.0 Å². The van der Waals surface area contributed by atoms with Crippen molar-refractivity contribution >= 4 is 27.5 Å². The molecule has 104 valence electrons. The molecule has 0 spiro atoms. The zero-order valence-corrected chi connectivity index (χ0v) is 12.8. The molecule has 1 fully saturated rings. The predicted octanol–water partition coefficient (Wildman–Crippen LogP) is 2.50. The molecule has 1 aliphatic rings. The molecule has 19 heavy (non-hydrogen) atoms. The summed E-state index contributed by atoms with van der Waals surface area (Å²) in [4.78, 5) is 14.1. The zero-order valence-electron chi connectivity index (χ0n) is 11.2. The van der Waals surface area contributed by atoms with Crippen LogP contribution >= 0.6 is 15.9 Å². The first kappa shape index (κ1) is 14.5. The number of rotatable bonds is 3. The van der Waals surface area contributed by atoms with Gasteiger partial charge >= 0.3 is 0 Å². The quantitative estimate of drug-likeness (QED) is 0.927. The molecule has 4 nitrogen and oxygen atoms in total. The van der Waals surface area contributed by atoms with E-state index in [0.717, 1.165) is 23.2 Å². The lowest BCUT2D eigenvalue weighted by atomic mass is 10.2. The van der Waals surface area contributed by atoms with Crippen LogP contribution in [-0.4, -0.2) is 42.6 Å². The minimum atomic E-state index is 0.0133. The molecule has 0 aromatic heterocycles. The van der Waals surface area contributed by atoms with Crippen LogP contribution in [0.5, 0.6) is 0 Å². The molecule has 5 heteroatoms. The van der Waals surface area contributed by atoms with Crippen LogP contribution in [0, 0.1) is 0 Å². The van der Waals surface area contributed by atoms with E-state index in [1.54, 1.807) is 0 Å². The molecule has 1 aliphatic heterocycles. The third-order valence-electron chi connectivity index (χ3n) is 2.97. The number of morpholine rings is 1. The van der Waals surface area contributed by atoms with Crippen molar-refractivity contribution in [1.29, 1.82) is 0 Å². The Kier molecular flexibility index (Phi) is 4.96. The minimum absolute atomic E-state index is 0.0133. The van der Waals surface area contributed by atoms with Gasteiger partial charge < -0.3 is 10.1 Å². The summed E-state index contributed by atoms with van der Waals surface area (Å²) in [6.07, 6.45) is 0.366. The molecule has 0 aliphatic carbocycles. The normalized spacial score (nSPS) is 24.2. The summed E-state index contributed by atoms with van der Waals surface area (Å²) < 4.78 is 6.61.